The number of hydrogen-bond acceptors (Lipinski definition) is 2. The third-order valence-corrected chi connectivity index (χ3v) is 1.55. The molecule has 0 spiro atoms. The fraction of sp³-hybridized carbons (Fsp3) is 0.0909. The van der Waals surface area contributed by atoms with Gasteiger partial charge >= 0.3 is 5.97 Å². The van der Waals surface area contributed by atoms with Crippen LogP contribution in [0.1, 0.15) is 5.69 Å². The first kappa shape index (κ1) is 11.0. The van der Waals surface area contributed by atoms with Crippen LogP contribution in [0, 0.1) is 0 Å². The maximum Gasteiger partial charge on any atom is 0.309 e. The van der Waals surface area contributed by atoms with Crippen LogP contribution in [0.15, 0.2) is 48.9 Å². The zero-order valence-corrected chi connectivity index (χ0v) is 8.13. The van der Waals surface area contributed by atoms with E-state index in [9.17, 15) is 4.79 Å². The standard InChI is InChI=1S/C7H7NO2.C4H5N/c9-7(10)5-6-3-1-2-4-8-6;1-2-4-5-3-1/h1-4H,5H2,(H,9,10);1-5H. The Labute approximate surface area is 87.6 Å². The summed E-state index contributed by atoms with van der Waals surface area (Å²) in [4.78, 5) is 16.8. The Morgan fingerprint density at radius 3 is 2.40 bits per heavy atom. The van der Waals surface area contributed by atoms with Crippen molar-refractivity contribution in [2.45, 2.75) is 6.42 Å². The minimum atomic E-state index is -0.848. The van der Waals surface area contributed by atoms with Gasteiger partial charge in [-0.25, -0.2) is 0 Å². The molecule has 0 aliphatic rings. The van der Waals surface area contributed by atoms with Crippen LogP contribution in [0.3, 0.4) is 0 Å². The number of rotatable bonds is 2. The second-order valence-corrected chi connectivity index (χ2v) is 2.78. The molecule has 2 aromatic rings. The van der Waals surface area contributed by atoms with E-state index >= 15 is 0 Å². The van der Waals surface area contributed by atoms with Gasteiger partial charge in [0.1, 0.15) is 0 Å². The summed E-state index contributed by atoms with van der Waals surface area (Å²) in [5.41, 5.74) is 0.593. The van der Waals surface area contributed by atoms with Gasteiger partial charge in [-0.15, -0.1) is 0 Å². The Kier molecular flexibility index (Phi) is 4.66. The quantitative estimate of drug-likeness (QED) is 0.782. The molecule has 0 aliphatic heterocycles. The van der Waals surface area contributed by atoms with E-state index in [1.807, 2.05) is 24.5 Å². The molecule has 0 saturated carbocycles. The summed E-state index contributed by atoms with van der Waals surface area (Å²) in [5.74, 6) is -0.848. The van der Waals surface area contributed by atoms with E-state index in [0.29, 0.717) is 5.69 Å². The normalized spacial score (nSPS) is 8.80. The summed E-state index contributed by atoms with van der Waals surface area (Å²) in [6.07, 6.45) is 5.33. The van der Waals surface area contributed by atoms with Gasteiger partial charge in [0.2, 0.25) is 0 Å². The van der Waals surface area contributed by atoms with Gasteiger partial charge in [-0.05, 0) is 24.3 Å². The van der Waals surface area contributed by atoms with E-state index in [-0.39, 0.29) is 6.42 Å². The molecule has 0 saturated heterocycles. The van der Waals surface area contributed by atoms with Gasteiger partial charge in [0.25, 0.3) is 0 Å². The lowest BCUT2D eigenvalue weighted by Gasteiger charge is -1.91. The molecule has 4 heteroatoms. The number of carboxylic acid groups (broad SMARTS) is 1. The van der Waals surface area contributed by atoms with E-state index in [4.69, 9.17) is 5.11 Å². The highest BCUT2D eigenvalue weighted by Gasteiger charge is 1.98. The van der Waals surface area contributed by atoms with Crippen molar-refractivity contribution in [1.82, 2.24) is 9.97 Å². The van der Waals surface area contributed by atoms with Crippen molar-refractivity contribution in [2.24, 2.45) is 0 Å². The minimum absolute atomic E-state index is 0.000833. The number of aromatic amines is 1. The molecule has 2 rings (SSSR count). The van der Waals surface area contributed by atoms with Gasteiger partial charge in [-0.2, -0.15) is 0 Å². The van der Waals surface area contributed by atoms with Crippen LogP contribution in [0.25, 0.3) is 0 Å². The topological polar surface area (TPSA) is 66.0 Å². The molecule has 2 aromatic heterocycles. The highest BCUT2D eigenvalue weighted by molar-refractivity contribution is 5.69. The maximum atomic E-state index is 10.1. The average molecular weight is 204 g/mol. The van der Waals surface area contributed by atoms with Crippen LogP contribution in [-0.2, 0) is 11.2 Å². The Balaban J connectivity index is 0.000000187. The molecule has 0 unspecified atom stereocenters. The third kappa shape index (κ3) is 5.25. The number of pyridine rings is 1. The lowest BCUT2D eigenvalue weighted by atomic mass is 10.3. The summed E-state index contributed by atoms with van der Waals surface area (Å²) in [7, 11) is 0. The zero-order chi connectivity index (χ0) is 10.9. The maximum absolute atomic E-state index is 10.1. The van der Waals surface area contributed by atoms with Crippen LogP contribution in [0.4, 0.5) is 0 Å². The first-order valence-electron chi connectivity index (χ1n) is 4.48. The Morgan fingerprint density at radius 1 is 1.27 bits per heavy atom. The van der Waals surface area contributed by atoms with Gasteiger partial charge in [-0.1, -0.05) is 6.07 Å². The number of aliphatic carboxylic acids is 1. The van der Waals surface area contributed by atoms with E-state index in [1.165, 1.54) is 0 Å². The van der Waals surface area contributed by atoms with E-state index in [0.717, 1.165) is 0 Å². The largest absolute Gasteiger partial charge is 0.481 e. The molecular formula is C11H12N2O2. The Bertz CT molecular complexity index is 354. The summed E-state index contributed by atoms with van der Waals surface area (Å²) in [6.45, 7) is 0. The molecule has 0 atom stereocenters. The molecule has 0 radical (unpaired) electrons. The van der Waals surface area contributed by atoms with Crippen molar-refractivity contribution < 1.29 is 9.90 Å². The van der Waals surface area contributed by atoms with Crippen molar-refractivity contribution in [3.8, 4) is 0 Å². The van der Waals surface area contributed by atoms with Crippen molar-refractivity contribution in [3.63, 3.8) is 0 Å². The van der Waals surface area contributed by atoms with Gasteiger partial charge in [0.15, 0.2) is 0 Å². The lowest BCUT2D eigenvalue weighted by Crippen LogP contribution is -2.01. The highest BCUT2D eigenvalue weighted by Crippen LogP contribution is 1.93. The number of hydrogen-bond donors (Lipinski definition) is 2. The predicted octanol–water partition coefficient (Wildman–Crippen LogP) is 1.72. The molecule has 2 heterocycles. The zero-order valence-electron chi connectivity index (χ0n) is 8.13. The SMILES string of the molecule is O=C(O)Cc1ccccn1.c1cc[nH]c1. The summed E-state index contributed by atoms with van der Waals surface area (Å²) >= 11 is 0. The van der Waals surface area contributed by atoms with Gasteiger partial charge in [0, 0.05) is 18.6 Å². The summed E-state index contributed by atoms with van der Waals surface area (Å²) < 4.78 is 0. The highest BCUT2D eigenvalue weighted by atomic mass is 16.4. The molecule has 0 amide bonds. The fourth-order valence-corrected chi connectivity index (χ4v) is 0.935. The predicted molar refractivity (Wildman–Crippen MR) is 56.4 cm³/mol. The minimum Gasteiger partial charge on any atom is -0.481 e. The lowest BCUT2D eigenvalue weighted by molar-refractivity contribution is -0.136. The molecule has 0 fully saturated rings. The molecule has 2 N–H and O–H groups in total. The van der Waals surface area contributed by atoms with Crippen molar-refractivity contribution in [3.05, 3.63) is 54.6 Å². The van der Waals surface area contributed by atoms with Crippen LogP contribution in [0.2, 0.25) is 0 Å². The number of H-pyrrole nitrogens is 1. The Morgan fingerprint density at radius 2 is 2.00 bits per heavy atom. The van der Waals surface area contributed by atoms with Crippen molar-refractivity contribution in [1.29, 1.82) is 0 Å². The molecule has 0 aromatic carbocycles. The van der Waals surface area contributed by atoms with E-state index in [1.54, 1.807) is 24.4 Å². The van der Waals surface area contributed by atoms with Gasteiger partial charge in [-0.3, -0.25) is 9.78 Å². The second-order valence-electron chi connectivity index (χ2n) is 2.78. The van der Waals surface area contributed by atoms with Crippen LogP contribution >= 0.6 is 0 Å². The third-order valence-electron chi connectivity index (χ3n) is 1.55. The first-order chi connectivity index (χ1) is 7.29. The summed E-state index contributed by atoms with van der Waals surface area (Å²) in [6, 6.07) is 9.10. The van der Waals surface area contributed by atoms with E-state index < -0.39 is 5.97 Å². The van der Waals surface area contributed by atoms with Crippen LogP contribution in [-0.4, -0.2) is 21.0 Å². The fourth-order valence-electron chi connectivity index (χ4n) is 0.935. The smallest absolute Gasteiger partial charge is 0.309 e. The van der Waals surface area contributed by atoms with E-state index in [2.05, 4.69) is 9.97 Å². The molecule has 4 nitrogen and oxygen atoms in total. The molecular weight excluding hydrogens is 192 g/mol. The van der Waals surface area contributed by atoms with Crippen LogP contribution in [0.5, 0.6) is 0 Å². The number of aromatic nitrogens is 2. The van der Waals surface area contributed by atoms with Gasteiger partial charge < -0.3 is 10.1 Å². The first-order valence-corrected chi connectivity index (χ1v) is 4.48. The second kappa shape index (κ2) is 6.37. The Hall–Kier alpha value is -2.10. The number of carbonyl (C=O) groups is 1. The number of carboxylic acids is 1. The average Bonchev–Trinajstić information content (AvgIpc) is 2.76. The molecule has 0 bridgehead atoms. The molecule has 78 valence electrons. The molecule has 15 heavy (non-hydrogen) atoms. The summed E-state index contributed by atoms with van der Waals surface area (Å²) in [5, 5.41) is 8.33. The van der Waals surface area contributed by atoms with Crippen LogP contribution < -0.4 is 0 Å². The van der Waals surface area contributed by atoms with Gasteiger partial charge in [0.05, 0.1) is 12.1 Å². The molecule has 0 aliphatic carbocycles. The monoisotopic (exact) mass is 204 g/mol. The van der Waals surface area contributed by atoms with Crippen molar-refractivity contribution >= 4 is 5.97 Å². The number of nitrogens with one attached hydrogen (secondary N) is 1. The van der Waals surface area contributed by atoms with Crippen molar-refractivity contribution in [2.75, 3.05) is 0 Å². The number of nitrogens with zero attached hydrogens (tertiary/aromatic N) is 1.